The normalized spacial score (nSPS) is 16.2. The first kappa shape index (κ1) is 17.1. The van der Waals surface area contributed by atoms with Crippen molar-refractivity contribution in [2.24, 2.45) is 0 Å². The van der Waals surface area contributed by atoms with Gasteiger partial charge >= 0.3 is 5.97 Å². The van der Waals surface area contributed by atoms with Crippen LogP contribution in [0.25, 0.3) is 5.57 Å². The molecule has 1 aliphatic rings. The first-order valence-electron chi connectivity index (χ1n) is 8.08. The molecule has 0 aliphatic carbocycles. The van der Waals surface area contributed by atoms with E-state index in [2.05, 4.69) is 46.9 Å². The molecule has 24 heavy (non-hydrogen) atoms. The van der Waals surface area contributed by atoms with Crippen molar-refractivity contribution in [3.8, 4) is 0 Å². The highest BCUT2D eigenvalue weighted by molar-refractivity contribution is 7.13. The number of rotatable bonds is 6. The second-order valence-electron chi connectivity index (χ2n) is 5.92. The van der Waals surface area contributed by atoms with Crippen LogP contribution in [0, 0.1) is 6.92 Å². The standard InChI is InChI=1S/C19H21NO2S2/c1-14-8-12-24-18(14)16(17-7-4-11-23-17)6-3-10-20-9-2-5-15(13-20)19(21)22/h4-8,11-12H,2-3,9-10,13H2,1H3,(H,21,22)/b16-6-. The summed E-state index contributed by atoms with van der Waals surface area (Å²) in [4.78, 5) is 16.0. The minimum atomic E-state index is -0.788. The van der Waals surface area contributed by atoms with Crippen LogP contribution in [0.1, 0.15) is 28.2 Å². The summed E-state index contributed by atoms with van der Waals surface area (Å²) in [6.45, 7) is 4.54. The molecule has 0 bridgehead atoms. The third-order valence-corrected chi connectivity index (χ3v) is 6.14. The summed E-state index contributed by atoms with van der Waals surface area (Å²) >= 11 is 3.55. The van der Waals surface area contributed by atoms with E-state index in [1.165, 1.54) is 20.9 Å². The molecule has 126 valence electrons. The van der Waals surface area contributed by atoms with Crippen LogP contribution in [0.15, 0.2) is 46.7 Å². The van der Waals surface area contributed by atoms with E-state index in [1.807, 2.05) is 6.08 Å². The average Bonchev–Trinajstić information content (AvgIpc) is 3.24. The molecule has 3 heterocycles. The van der Waals surface area contributed by atoms with Gasteiger partial charge in [0.05, 0.1) is 0 Å². The van der Waals surface area contributed by atoms with Gasteiger partial charge in [-0.05, 0) is 48.2 Å². The summed E-state index contributed by atoms with van der Waals surface area (Å²) in [6, 6.07) is 6.42. The van der Waals surface area contributed by atoms with Gasteiger partial charge in [0.2, 0.25) is 0 Å². The number of carboxylic acids is 1. The van der Waals surface area contributed by atoms with E-state index in [0.29, 0.717) is 12.1 Å². The zero-order valence-electron chi connectivity index (χ0n) is 13.7. The lowest BCUT2D eigenvalue weighted by Crippen LogP contribution is -2.32. The fourth-order valence-corrected chi connectivity index (χ4v) is 4.75. The lowest BCUT2D eigenvalue weighted by Gasteiger charge is -2.25. The molecule has 1 aliphatic heterocycles. The molecule has 3 nitrogen and oxygen atoms in total. The number of aliphatic carboxylic acids is 1. The molecule has 0 saturated heterocycles. The van der Waals surface area contributed by atoms with Crippen LogP contribution < -0.4 is 0 Å². The summed E-state index contributed by atoms with van der Waals surface area (Å²) in [5.74, 6) is -0.788. The molecule has 2 aromatic heterocycles. The Balaban J connectivity index is 1.70. The topological polar surface area (TPSA) is 40.5 Å². The molecule has 0 saturated carbocycles. The number of nitrogens with zero attached hydrogens (tertiary/aromatic N) is 1. The SMILES string of the molecule is Cc1ccsc1/C(=C\CCN1CCC=C(C(=O)O)C1)c1cccs1. The quantitative estimate of drug-likeness (QED) is 0.816. The summed E-state index contributed by atoms with van der Waals surface area (Å²) in [7, 11) is 0. The van der Waals surface area contributed by atoms with Crippen LogP contribution in [0.3, 0.4) is 0 Å². The number of carbonyl (C=O) groups is 1. The van der Waals surface area contributed by atoms with E-state index >= 15 is 0 Å². The minimum absolute atomic E-state index is 0.526. The number of hydrogen-bond acceptors (Lipinski definition) is 4. The monoisotopic (exact) mass is 359 g/mol. The zero-order chi connectivity index (χ0) is 16.9. The van der Waals surface area contributed by atoms with Gasteiger partial charge in [0.1, 0.15) is 0 Å². The van der Waals surface area contributed by atoms with Gasteiger partial charge in [0.25, 0.3) is 0 Å². The van der Waals surface area contributed by atoms with Crippen LogP contribution in [-0.4, -0.2) is 35.6 Å². The molecular formula is C19H21NO2S2. The van der Waals surface area contributed by atoms with Gasteiger partial charge in [-0.2, -0.15) is 0 Å². The predicted molar refractivity (Wildman–Crippen MR) is 102 cm³/mol. The predicted octanol–water partition coefficient (Wildman–Crippen LogP) is 4.66. The van der Waals surface area contributed by atoms with Crippen molar-refractivity contribution < 1.29 is 9.90 Å². The zero-order valence-corrected chi connectivity index (χ0v) is 15.3. The van der Waals surface area contributed by atoms with E-state index < -0.39 is 5.97 Å². The van der Waals surface area contributed by atoms with E-state index in [0.717, 1.165) is 25.9 Å². The highest BCUT2D eigenvalue weighted by atomic mass is 32.1. The van der Waals surface area contributed by atoms with Crippen molar-refractivity contribution in [3.05, 3.63) is 62.0 Å². The number of hydrogen-bond donors (Lipinski definition) is 1. The first-order valence-corrected chi connectivity index (χ1v) is 9.84. The number of carboxylic acid groups (broad SMARTS) is 1. The van der Waals surface area contributed by atoms with Crippen LogP contribution in [0.4, 0.5) is 0 Å². The molecule has 0 atom stereocenters. The second kappa shape index (κ2) is 7.92. The van der Waals surface area contributed by atoms with Gasteiger partial charge in [-0.15, -0.1) is 22.7 Å². The Kier molecular flexibility index (Phi) is 5.66. The first-order chi connectivity index (χ1) is 11.6. The van der Waals surface area contributed by atoms with E-state index in [1.54, 1.807) is 22.7 Å². The van der Waals surface area contributed by atoms with Gasteiger partial charge in [-0.1, -0.05) is 18.2 Å². The maximum Gasteiger partial charge on any atom is 0.332 e. The van der Waals surface area contributed by atoms with Crippen molar-refractivity contribution in [1.82, 2.24) is 4.90 Å². The largest absolute Gasteiger partial charge is 0.478 e. The fourth-order valence-electron chi connectivity index (χ4n) is 2.93. The van der Waals surface area contributed by atoms with Crippen LogP contribution in [0.2, 0.25) is 0 Å². The van der Waals surface area contributed by atoms with Gasteiger partial charge < -0.3 is 5.11 Å². The van der Waals surface area contributed by atoms with Crippen molar-refractivity contribution in [3.63, 3.8) is 0 Å². The third-order valence-electron chi connectivity index (χ3n) is 4.19. The Morgan fingerprint density at radius 3 is 2.88 bits per heavy atom. The molecule has 0 spiro atoms. The van der Waals surface area contributed by atoms with Crippen molar-refractivity contribution >= 4 is 34.2 Å². The van der Waals surface area contributed by atoms with Crippen molar-refractivity contribution in [2.45, 2.75) is 19.8 Å². The summed E-state index contributed by atoms with van der Waals surface area (Å²) < 4.78 is 0. The summed E-state index contributed by atoms with van der Waals surface area (Å²) in [5, 5.41) is 13.4. The van der Waals surface area contributed by atoms with Gasteiger partial charge in [-0.25, -0.2) is 4.79 Å². The number of aryl methyl sites for hydroxylation is 1. The second-order valence-corrected chi connectivity index (χ2v) is 7.78. The van der Waals surface area contributed by atoms with Crippen LogP contribution in [-0.2, 0) is 4.79 Å². The molecular weight excluding hydrogens is 338 g/mol. The van der Waals surface area contributed by atoms with Crippen LogP contribution >= 0.6 is 22.7 Å². The molecule has 2 aromatic rings. The van der Waals surface area contributed by atoms with E-state index in [4.69, 9.17) is 5.11 Å². The smallest absolute Gasteiger partial charge is 0.332 e. The Morgan fingerprint density at radius 1 is 1.33 bits per heavy atom. The summed E-state index contributed by atoms with van der Waals surface area (Å²) in [6.07, 6.45) is 5.91. The molecule has 1 N–H and O–H groups in total. The highest BCUT2D eigenvalue weighted by Crippen LogP contribution is 2.33. The maximum atomic E-state index is 11.1. The Bertz CT molecular complexity index is 756. The Hall–Kier alpha value is -1.69. The fraction of sp³-hybridized carbons (Fsp3) is 0.316. The lowest BCUT2D eigenvalue weighted by atomic mass is 10.1. The van der Waals surface area contributed by atoms with Crippen LogP contribution in [0.5, 0.6) is 0 Å². The third kappa shape index (κ3) is 4.04. The molecule has 0 fully saturated rings. The Labute approximate surface area is 150 Å². The molecule has 3 rings (SSSR count). The van der Waals surface area contributed by atoms with E-state index in [9.17, 15) is 4.79 Å². The lowest BCUT2D eigenvalue weighted by molar-refractivity contribution is -0.133. The van der Waals surface area contributed by atoms with Gasteiger partial charge in [-0.3, -0.25) is 4.90 Å². The van der Waals surface area contributed by atoms with Gasteiger partial charge in [0.15, 0.2) is 0 Å². The molecule has 0 radical (unpaired) electrons. The Morgan fingerprint density at radius 2 is 2.21 bits per heavy atom. The maximum absolute atomic E-state index is 11.1. The summed E-state index contributed by atoms with van der Waals surface area (Å²) in [5.41, 5.74) is 3.15. The average molecular weight is 360 g/mol. The molecule has 0 unspecified atom stereocenters. The highest BCUT2D eigenvalue weighted by Gasteiger charge is 2.17. The van der Waals surface area contributed by atoms with Gasteiger partial charge in [0, 0.05) is 40.5 Å². The molecule has 5 heteroatoms. The molecule has 0 amide bonds. The number of thiophene rings is 2. The minimum Gasteiger partial charge on any atom is -0.478 e. The van der Waals surface area contributed by atoms with Crippen molar-refractivity contribution in [1.29, 1.82) is 0 Å². The van der Waals surface area contributed by atoms with E-state index in [-0.39, 0.29) is 0 Å². The van der Waals surface area contributed by atoms with Crippen molar-refractivity contribution in [2.75, 3.05) is 19.6 Å². The molecule has 0 aromatic carbocycles.